The van der Waals surface area contributed by atoms with Crippen LogP contribution in [0.3, 0.4) is 0 Å². The first-order valence-corrected chi connectivity index (χ1v) is 4.81. The molecule has 0 aliphatic carbocycles. The molecular formula is C10H19N3. The van der Waals surface area contributed by atoms with Crippen molar-refractivity contribution in [1.29, 1.82) is 0 Å². The first-order valence-electron chi connectivity index (χ1n) is 4.81. The second kappa shape index (κ2) is 4.42. The van der Waals surface area contributed by atoms with Crippen molar-refractivity contribution in [3.63, 3.8) is 0 Å². The number of hydrogen-bond donors (Lipinski definition) is 1. The van der Waals surface area contributed by atoms with Crippen molar-refractivity contribution < 1.29 is 0 Å². The Morgan fingerprint density at radius 1 is 1.46 bits per heavy atom. The molecule has 1 rings (SSSR count). The van der Waals surface area contributed by atoms with Crippen LogP contribution in [0.5, 0.6) is 0 Å². The van der Waals surface area contributed by atoms with E-state index in [1.54, 1.807) is 0 Å². The summed E-state index contributed by atoms with van der Waals surface area (Å²) >= 11 is 0. The molecule has 1 N–H and O–H groups in total. The molecule has 0 amide bonds. The third-order valence-electron chi connectivity index (χ3n) is 2.53. The number of aryl methyl sites for hydroxylation is 1. The molecule has 1 unspecified atom stereocenters. The lowest BCUT2D eigenvalue weighted by Gasteiger charge is -2.17. The molecular weight excluding hydrogens is 162 g/mol. The Morgan fingerprint density at radius 2 is 2.15 bits per heavy atom. The summed E-state index contributed by atoms with van der Waals surface area (Å²) in [7, 11) is 1.97. The predicted molar refractivity (Wildman–Crippen MR) is 54.3 cm³/mol. The van der Waals surface area contributed by atoms with Gasteiger partial charge in [0.2, 0.25) is 0 Å². The van der Waals surface area contributed by atoms with Gasteiger partial charge in [0.1, 0.15) is 0 Å². The summed E-state index contributed by atoms with van der Waals surface area (Å²) < 4.78 is 1.90. The van der Waals surface area contributed by atoms with Crippen molar-refractivity contribution in [2.24, 2.45) is 13.0 Å². The maximum absolute atomic E-state index is 4.12. The number of aromatic nitrogens is 2. The van der Waals surface area contributed by atoms with E-state index in [1.165, 1.54) is 5.69 Å². The first kappa shape index (κ1) is 10.3. The second-order valence-electron chi connectivity index (χ2n) is 3.86. The Morgan fingerprint density at radius 3 is 2.62 bits per heavy atom. The summed E-state index contributed by atoms with van der Waals surface area (Å²) in [4.78, 5) is 0. The average Bonchev–Trinajstić information content (AvgIpc) is 2.47. The highest BCUT2D eigenvalue weighted by atomic mass is 15.3. The van der Waals surface area contributed by atoms with E-state index in [2.05, 4.69) is 31.2 Å². The van der Waals surface area contributed by atoms with Crippen LogP contribution in [0.15, 0.2) is 12.3 Å². The SMILES string of the molecule is CC(C)C(C)NCc1ccnn1C. The smallest absolute Gasteiger partial charge is 0.0518 e. The van der Waals surface area contributed by atoms with Crippen molar-refractivity contribution >= 4 is 0 Å². The maximum atomic E-state index is 4.12. The van der Waals surface area contributed by atoms with Crippen LogP contribution in [-0.4, -0.2) is 15.8 Å². The lowest BCUT2D eigenvalue weighted by atomic mass is 10.1. The van der Waals surface area contributed by atoms with Gasteiger partial charge in [-0.1, -0.05) is 13.8 Å². The fourth-order valence-electron chi connectivity index (χ4n) is 1.08. The lowest BCUT2D eigenvalue weighted by Crippen LogP contribution is -2.30. The summed E-state index contributed by atoms with van der Waals surface area (Å²) in [5, 5.41) is 7.58. The molecule has 1 aromatic rings. The molecule has 13 heavy (non-hydrogen) atoms. The van der Waals surface area contributed by atoms with Gasteiger partial charge in [0.25, 0.3) is 0 Å². The zero-order valence-corrected chi connectivity index (χ0v) is 8.91. The summed E-state index contributed by atoms with van der Waals surface area (Å²) in [5.41, 5.74) is 1.23. The lowest BCUT2D eigenvalue weighted by molar-refractivity contribution is 0.419. The number of hydrogen-bond acceptors (Lipinski definition) is 2. The van der Waals surface area contributed by atoms with Crippen LogP contribution >= 0.6 is 0 Å². The van der Waals surface area contributed by atoms with Gasteiger partial charge in [0.15, 0.2) is 0 Å². The summed E-state index contributed by atoms with van der Waals surface area (Å²) in [6, 6.07) is 2.59. The molecule has 3 heteroatoms. The number of nitrogens with one attached hydrogen (secondary N) is 1. The molecule has 1 atom stereocenters. The van der Waals surface area contributed by atoms with E-state index in [9.17, 15) is 0 Å². The van der Waals surface area contributed by atoms with Crippen LogP contribution in [0, 0.1) is 5.92 Å². The van der Waals surface area contributed by atoms with E-state index < -0.39 is 0 Å². The Bertz CT molecular complexity index is 252. The Hall–Kier alpha value is -0.830. The molecule has 3 nitrogen and oxygen atoms in total. The molecule has 1 heterocycles. The van der Waals surface area contributed by atoms with Gasteiger partial charge < -0.3 is 5.32 Å². The van der Waals surface area contributed by atoms with Gasteiger partial charge in [0.05, 0.1) is 5.69 Å². The van der Waals surface area contributed by atoms with Gasteiger partial charge in [0, 0.05) is 25.8 Å². The molecule has 0 radical (unpaired) electrons. The topological polar surface area (TPSA) is 29.9 Å². The minimum absolute atomic E-state index is 0.551. The maximum Gasteiger partial charge on any atom is 0.0518 e. The standard InChI is InChI=1S/C10H19N3/c1-8(2)9(3)11-7-10-5-6-12-13(10)4/h5-6,8-9,11H,7H2,1-4H3. The van der Waals surface area contributed by atoms with Crippen molar-refractivity contribution in [3.05, 3.63) is 18.0 Å². The van der Waals surface area contributed by atoms with E-state index in [0.29, 0.717) is 12.0 Å². The van der Waals surface area contributed by atoms with Gasteiger partial charge in [-0.3, -0.25) is 4.68 Å². The molecule has 1 aromatic heterocycles. The first-order chi connectivity index (χ1) is 6.11. The molecule has 0 aliphatic heterocycles. The predicted octanol–water partition coefficient (Wildman–Crippen LogP) is 1.55. The zero-order chi connectivity index (χ0) is 9.84. The quantitative estimate of drug-likeness (QED) is 0.764. The monoisotopic (exact) mass is 181 g/mol. The van der Waals surface area contributed by atoms with Crippen molar-refractivity contribution in [1.82, 2.24) is 15.1 Å². The van der Waals surface area contributed by atoms with E-state index in [0.717, 1.165) is 6.54 Å². The van der Waals surface area contributed by atoms with E-state index in [1.807, 2.05) is 24.0 Å². The third-order valence-corrected chi connectivity index (χ3v) is 2.53. The minimum atomic E-state index is 0.551. The largest absolute Gasteiger partial charge is 0.308 e. The van der Waals surface area contributed by atoms with Crippen molar-refractivity contribution in [2.75, 3.05) is 0 Å². The van der Waals surface area contributed by atoms with E-state index >= 15 is 0 Å². The van der Waals surface area contributed by atoms with Crippen LogP contribution in [0.4, 0.5) is 0 Å². The molecule has 0 bridgehead atoms. The van der Waals surface area contributed by atoms with Gasteiger partial charge in [-0.25, -0.2) is 0 Å². The van der Waals surface area contributed by atoms with Gasteiger partial charge >= 0.3 is 0 Å². The summed E-state index contributed by atoms with van der Waals surface area (Å²) in [5.74, 6) is 0.674. The summed E-state index contributed by atoms with van der Waals surface area (Å²) in [6.07, 6.45) is 1.83. The highest BCUT2D eigenvalue weighted by molar-refractivity contribution is 4.99. The van der Waals surface area contributed by atoms with Crippen molar-refractivity contribution in [2.45, 2.75) is 33.4 Å². The second-order valence-corrected chi connectivity index (χ2v) is 3.86. The fraction of sp³-hybridized carbons (Fsp3) is 0.700. The molecule has 0 aromatic carbocycles. The van der Waals surface area contributed by atoms with Crippen molar-refractivity contribution in [3.8, 4) is 0 Å². The molecule has 0 aliphatic rings. The number of rotatable bonds is 4. The Labute approximate surface area is 80.1 Å². The van der Waals surface area contributed by atoms with Gasteiger partial charge in [-0.05, 0) is 18.9 Å². The Balaban J connectivity index is 2.39. The van der Waals surface area contributed by atoms with Crippen LogP contribution in [0.2, 0.25) is 0 Å². The highest BCUT2D eigenvalue weighted by Crippen LogP contribution is 2.02. The number of nitrogens with zero attached hydrogens (tertiary/aromatic N) is 2. The molecule has 74 valence electrons. The molecule has 0 spiro atoms. The van der Waals surface area contributed by atoms with Crippen LogP contribution in [-0.2, 0) is 13.6 Å². The average molecular weight is 181 g/mol. The minimum Gasteiger partial charge on any atom is -0.308 e. The fourth-order valence-corrected chi connectivity index (χ4v) is 1.08. The van der Waals surface area contributed by atoms with Gasteiger partial charge in [-0.2, -0.15) is 5.10 Å². The van der Waals surface area contributed by atoms with E-state index in [-0.39, 0.29) is 0 Å². The molecule has 0 fully saturated rings. The van der Waals surface area contributed by atoms with Crippen LogP contribution < -0.4 is 5.32 Å². The molecule has 0 saturated heterocycles. The van der Waals surface area contributed by atoms with Crippen LogP contribution in [0.1, 0.15) is 26.5 Å². The van der Waals surface area contributed by atoms with E-state index in [4.69, 9.17) is 0 Å². The van der Waals surface area contributed by atoms with Crippen LogP contribution in [0.25, 0.3) is 0 Å². The van der Waals surface area contributed by atoms with Gasteiger partial charge in [-0.15, -0.1) is 0 Å². The highest BCUT2D eigenvalue weighted by Gasteiger charge is 2.06. The summed E-state index contributed by atoms with van der Waals surface area (Å²) in [6.45, 7) is 7.55. The Kier molecular flexibility index (Phi) is 3.48. The molecule has 0 saturated carbocycles. The third kappa shape index (κ3) is 2.84. The zero-order valence-electron chi connectivity index (χ0n) is 8.91. The normalized spacial score (nSPS) is 13.6.